The molecule has 1 atom stereocenters. The van der Waals surface area contributed by atoms with Crippen molar-refractivity contribution in [3.8, 4) is 0 Å². The lowest BCUT2D eigenvalue weighted by atomic mass is 9.92. The molecule has 7 nitrogen and oxygen atoms in total. The third-order valence-electron chi connectivity index (χ3n) is 6.46. The SMILES string of the molecule is COC(=O)c1ccc(N2C(=O)CC(N(C(=O)Cc3ccccc3)C3CCCCC3)C2=O)cc1. The van der Waals surface area contributed by atoms with Crippen LogP contribution in [0.25, 0.3) is 0 Å². The Bertz CT molecular complexity index is 1030. The Labute approximate surface area is 193 Å². The summed E-state index contributed by atoms with van der Waals surface area (Å²) in [6.07, 6.45) is 4.98. The maximum absolute atomic E-state index is 13.5. The van der Waals surface area contributed by atoms with Gasteiger partial charge in [-0.25, -0.2) is 9.69 Å². The van der Waals surface area contributed by atoms with Gasteiger partial charge < -0.3 is 9.64 Å². The van der Waals surface area contributed by atoms with Crippen molar-refractivity contribution in [1.29, 1.82) is 0 Å². The predicted molar refractivity (Wildman–Crippen MR) is 123 cm³/mol. The molecule has 0 N–H and O–H groups in total. The van der Waals surface area contributed by atoms with Gasteiger partial charge in [0.2, 0.25) is 11.8 Å². The van der Waals surface area contributed by atoms with E-state index < -0.39 is 17.9 Å². The normalized spacial score (nSPS) is 18.9. The third kappa shape index (κ3) is 4.82. The second-order valence-corrected chi connectivity index (χ2v) is 8.58. The number of carbonyl (C=O) groups is 4. The molecule has 172 valence electrons. The predicted octanol–water partition coefficient (Wildman–Crippen LogP) is 3.51. The first-order valence-electron chi connectivity index (χ1n) is 11.4. The standard InChI is InChI=1S/C26H28N2O5/c1-33-26(32)19-12-14-21(15-13-19)28-24(30)17-22(25(28)31)27(20-10-6-3-7-11-20)23(29)16-18-8-4-2-5-9-18/h2,4-5,8-9,12-15,20,22H,3,6-7,10-11,16-17H2,1H3. The second kappa shape index (κ2) is 9.98. The van der Waals surface area contributed by atoms with Crippen LogP contribution in [-0.2, 0) is 25.5 Å². The highest BCUT2D eigenvalue weighted by Crippen LogP contribution is 2.31. The van der Waals surface area contributed by atoms with Crippen LogP contribution in [0.1, 0.15) is 54.4 Å². The summed E-state index contributed by atoms with van der Waals surface area (Å²) in [6, 6.07) is 14.8. The lowest BCUT2D eigenvalue weighted by Gasteiger charge is -2.37. The lowest BCUT2D eigenvalue weighted by molar-refractivity contribution is -0.141. The van der Waals surface area contributed by atoms with Crippen LogP contribution in [0.5, 0.6) is 0 Å². The minimum Gasteiger partial charge on any atom is -0.465 e. The van der Waals surface area contributed by atoms with Crippen molar-refractivity contribution in [2.24, 2.45) is 0 Å². The molecule has 0 radical (unpaired) electrons. The Morgan fingerprint density at radius 1 is 0.970 bits per heavy atom. The molecule has 1 heterocycles. The molecule has 1 unspecified atom stereocenters. The maximum Gasteiger partial charge on any atom is 0.337 e. The van der Waals surface area contributed by atoms with Crippen molar-refractivity contribution in [3.05, 3.63) is 65.7 Å². The highest BCUT2D eigenvalue weighted by atomic mass is 16.5. The Balaban J connectivity index is 1.59. The smallest absolute Gasteiger partial charge is 0.337 e. The van der Waals surface area contributed by atoms with E-state index >= 15 is 0 Å². The molecule has 2 aromatic rings. The zero-order valence-electron chi connectivity index (χ0n) is 18.7. The van der Waals surface area contributed by atoms with Crippen molar-refractivity contribution >= 4 is 29.4 Å². The fraction of sp³-hybridized carbons (Fsp3) is 0.385. The first kappa shape index (κ1) is 22.7. The van der Waals surface area contributed by atoms with Crippen LogP contribution in [0.4, 0.5) is 5.69 Å². The van der Waals surface area contributed by atoms with E-state index in [1.807, 2.05) is 30.3 Å². The Hall–Kier alpha value is -3.48. The van der Waals surface area contributed by atoms with E-state index in [1.165, 1.54) is 19.2 Å². The molecular weight excluding hydrogens is 420 g/mol. The van der Waals surface area contributed by atoms with Gasteiger partial charge in [-0.2, -0.15) is 0 Å². The van der Waals surface area contributed by atoms with Gasteiger partial charge in [0.25, 0.3) is 5.91 Å². The molecule has 0 bridgehead atoms. The first-order valence-corrected chi connectivity index (χ1v) is 11.4. The summed E-state index contributed by atoms with van der Waals surface area (Å²) in [5.41, 5.74) is 1.60. The molecule has 1 saturated carbocycles. The number of anilines is 1. The van der Waals surface area contributed by atoms with Gasteiger partial charge in [0.15, 0.2) is 0 Å². The topological polar surface area (TPSA) is 84.0 Å². The van der Waals surface area contributed by atoms with Gasteiger partial charge >= 0.3 is 5.97 Å². The number of nitrogens with zero attached hydrogens (tertiary/aromatic N) is 2. The number of carbonyl (C=O) groups excluding carboxylic acids is 4. The third-order valence-corrected chi connectivity index (χ3v) is 6.46. The summed E-state index contributed by atoms with van der Waals surface area (Å²) in [6.45, 7) is 0. The fourth-order valence-corrected chi connectivity index (χ4v) is 4.82. The molecule has 2 aromatic carbocycles. The van der Waals surface area contributed by atoms with Crippen LogP contribution < -0.4 is 4.90 Å². The number of hydrogen-bond acceptors (Lipinski definition) is 5. The Kier molecular flexibility index (Phi) is 6.87. The minimum absolute atomic E-state index is 0.0331. The number of methoxy groups -OCH3 is 1. The monoisotopic (exact) mass is 448 g/mol. The van der Waals surface area contributed by atoms with Crippen LogP contribution in [0, 0.1) is 0 Å². The van der Waals surface area contributed by atoms with Crippen molar-refractivity contribution in [2.45, 2.75) is 57.0 Å². The maximum atomic E-state index is 13.5. The molecule has 4 rings (SSSR count). The van der Waals surface area contributed by atoms with E-state index in [9.17, 15) is 19.2 Å². The van der Waals surface area contributed by atoms with E-state index in [4.69, 9.17) is 4.74 Å². The lowest BCUT2D eigenvalue weighted by Crippen LogP contribution is -2.51. The van der Waals surface area contributed by atoms with E-state index in [2.05, 4.69) is 0 Å². The van der Waals surface area contributed by atoms with Crippen molar-refractivity contribution < 1.29 is 23.9 Å². The number of hydrogen-bond donors (Lipinski definition) is 0. The molecule has 7 heteroatoms. The van der Waals surface area contributed by atoms with Gasteiger partial charge in [0.1, 0.15) is 6.04 Å². The Morgan fingerprint density at radius 2 is 1.64 bits per heavy atom. The fourth-order valence-electron chi connectivity index (χ4n) is 4.82. The molecule has 1 saturated heterocycles. The second-order valence-electron chi connectivity index (χ2n) is 8.58. The summed E-state index contributed by atoms with van der Waals surface area (Å²) in [5, 5.41) is 0. The molecule has 0 spiro atoms. The van der Waals surface area contributed by atoms with Crippen molar-refractivity contribution in [3.63, 3.8) is 0 Å². The minimum atomic E-state index is -0.808. The van der Waals surface area contributed by atoms with Gasteiger partial charge in [0, 0.05) is 6.04 Å². The van der Waals surface area contributed by atoms with E-state index in [1.54, 1.807) is 17.0 Å². The average Bonchev–Trinajstić information content (AvgIpc) is 3.13. The molecular formula is C26H28N2O5. The first-order chi connectivity index (χ1) is 16.0. The molecule has 2 fully saturated rings. The van der Waals surface area contributed by atoms with Gasteiger partial charge in [-0.3, -0.25) is 14.4 Å². The van der Waals surface area contributed by atoms with Crippen molar-refractivity contribution in [2.75, 3.05) is 12.0 Å². The Morgan fingerprint density at radius 3 is 2.27 bits per heavy atom. The average molecular weight is 449 g/mol. The molecule has 33 heavy (non-hydrogen) atoms. The van der Waals surface area contributed by atoms with Crippen molar-refractivity contribution in [1.82, 2.24) is 4.90 Å². The highest BCUT2D eigenvalue weighted by Gasteiger charge is 2.46. The van der Waals surface area contributed by atoms with Gasteiger partial charge in [-0.15, -0.1) is 0 Å². The van der Waals surface area contributed by atoms with E-state index in [0.717, 1.165) is 42.6 Å². The summed E-state index contributed by atoms with van der Waals surface area (Å²) >= 11 is 0. The number of imide groups is 1. The molecule has 3 amide bonds. The van der Waals surface area contributed by atoms with Crippen LogP contribution in [-0.4, -0.2) is 47.8 Å². The number of rotatable bonds is 6. The van der Waals surface area contributed by atoms with Crippen LogP contribution >= 0.6 is 0 Å². The number of amides is 3. The highest BCUT2D eigenvalue weighted by molar-refractivity contribution is 6.23. The molecule has 2 aliphatic rings. The molecule has 1 aliphatic carbocycles. The van der Waals surface area contributed by atoms with Crippen LogP contribution in [0.15, 0.2) is 54.6 Å². The van der Waals surface area contributed by atoms with E-state index in [-0.39, 0.29) is 30.7 Å². The van der Waals surface area contributed by atoms with Crippen LogP contribution in [0.2, 0.25) is 0 Å². The van der Waals surface area contributed by atoms with Gasteiger partial charge in [0.05, 0.1) is 31.2 Å². The molecule has 1 aliphatic heterocycles. The van der Waals surface area contributed by atoms with Crippen LogP contribution in [0.3, 0.4) is 0 Å². The largest absolute Gasteiger partial charge is 0.465 e. The summed E-state index contributed by atoms with van der Waals surface area (Å²) < 4.78 is 4.70. The molecule has 0 aromatic heterocycles. The summed E-state index contributed by atoms with van der Waals surface area (Å²) in [4.78, 5) is 54.3. The van der Waals surface area contributed by atoms with E-state index in [0.29, 0.717) is 11.3 Å². The zero-order valence-corrected chi connectivity index (χ0v) is 18.7. The quantitative estimate of drug-likeness (QED) is 0.499. The summed E-state index contributed by atoms with van der Waals surface area (Å²) in [7, 11) is 1.29. The zero-order chi connectivity index (χ0) is 23.4. The number of benzene rings is 2. The summed E-state index contributed by atoms with van der Waals surface area (Å²) in [5.74, 6) is -1.35. The number of ether oxygens (including phenoxy) is 1. The van der Waals surface area contributed by atoms with Gasteiger partial charge in [-0.05, 0) is 42.7 Å². The van der Waals surface area contributed by atoms with Gasteiger partial charge in [-0.1, -0.05) is 49.6 Å². The number of esters is 1.